The van der Waals surface area contributed by atoms with Gasteiger partial charge in [-0.15, -0.1) is 0 Å². The molecule has 2 fully saturated rings. The summed E-state index contributed by atoms with van der Waals surface area (Å²) >= 11 is 0. The van der Waals surface area contributed by atoms with Crippen LogP contribution in [0.3, 0.4) is 0 Å². The Morgan fingerprint density at radius 1 is 1.18 bits per heavy atom. The summed E-state index contributed by atoms with van der Waals surface area (Å²) in [6.45, 7) is 13.9. The van der Waals surface area contributed by atoms with Gasteiger partial charge in [0.15, 0.2) is 0 Å². The fraction of sp³-hybridized carbons (Fsp3) is 0.500. The van der Waals surface area contributed by atoms with E-state index in [1.165, 1.54) is 4.90 Å². The molecule has 9 heteroatoms. The number of carbonyl (C=O) groups is 3. The number of nitrogens with one attached hydrogen (secondary N) is 2. The molecule has 210 valence electrons. The summed E-state index contributed by atoms with van der Waals surface area (Å²) in [6, 6.07) is 6.98. The van der Waals surface area contributed by atoms with Crippen LogP contribution in [0.5, 0.6) is 0 Å². The zero-order chi connectivity index (χ0) is 28.3. The molecule has 9 nitrogen and oxygen atoms in total. The number of hydrogen-bond acceptors (Lipinski definition) is 6. The highest BCUT2D eigenvalue weighted by Gasteiger charge is 2.44. The first-order valence-electron chi connectivity index (χ1n) is 13.8. The van der Waals surface area contributed by atoms with Crippen LogP contribution in [0.15, 0.2) is 29.8 Å². The van der Waals surface area contributed by atoms with Gasteiger partial charge in [0, 0.05) is 24.2 Å². The summed E-state index contributed by atoms with van der Waals surface area (Å²) in [5, 5.41) is 14.0. The predicted molar refractivity (Wildman–Crippen MR) is 144 cm³/mol. The highest BCUT2D eigenvalue weighted by molar-refractivity contribution is 6.46. The first-order valence-corrected chi connectivity index (χ1v) is 13.8. The van der Waals surface area contributed by atoms with Crippen LogP contribution in [0.4, 0.5) is 0 Å². The maximum absolute atomic E-state index is 14.0. The Morgan fingerprint density at radius 2 is 1.85 bits per heavy atom. The number of aromatic nitrogens is 1. The highest BCUT2D eigenvalue weighted by Crippen LogP contribution is 2.40. The van der Waals surface area contributed by atoms with E-state index < -0.39 is 29.5 Å². The monoisotopic (exact) mass is 537 g/mol. The maximum Gasteiger partial charge on any atom is 0.355 e. The molecule has 1 aromatic carbocycles. The number of morpholine rings is 1. The number of hydrogen-bond donors (Lipinski definition) is 2. The number of carbonyl (C=O) groups excluding carboxylic acids is 3. The Bertz CT molecular complexity index is 1250. The second-order valence-electron chi connectivity index (χ2n) is 10.6. The maximum atomic E-state index is 14.0. The average Bonchev–Trinajstić information content (AvgIpc) is 3.36. The Balaban J connectivity index is 1.75. The standard InChI is InChI=1S/C30H39N3O6/c1-6-39-30(37)25-19(4)23(20(5)31-25)27(34)24-26(22-10-8-21(9-11-22)18(2)3)33(29(36)28(24)35)13-7-12-32-14-16-38-17-15-32/h8-11,18,26,31,34H,6-7,12-17H2,1-5H3. The van der Waals surface area contributed by atoms with Crippen LogP contribution >= 0.6 is 0 Å². The molecule has 2 aliphatic heterocycles. The van der Waals surface area contributed by atoms with Gasteiger partial charge in [-0.2, -0.15) is 0 Å². The number of likely N-dealkylation sites (tertiary alicyclic amines) is 1. The Morgan fingerprint density at radius 3 is 2.46 bits per heavy atom. The number of aromatic amines is 1. The Hall–Kier alpha value is -3.43. The topological polar surface area (TPSA) is 116 Å². The minimum Gasteiger partial charge on any atom is -0.872 e. The lowest BCUT2D eigenvalue weighted by atomic mass is 9.92. The second-order valence-corrected chi connectivity index (χ2v) is 10.6. The number of ketones is 1. The van der Waals surface area contributed by atoms with Crippen molar-refractivity contribution in [3.05, 3.63) is 63.5 Å². The molecule has 0 spiro atoms. The van der Waals surface area contributed by atoms with Crippen molar-refractivity contribution in [2.45, 2.75) is 53.0 Å². The molecular formula is C30H39N3O6. The Labute approximate surface area is 229 Å². The van der Waals surface area contributed by atoms with Crippen molar-refractivity contribution in [3.63, 3.8) is 0 Å². The van der Waals surface area contributed by atoms with E-state index >= 15 is 0 Å². The van der Waals surface area contributed by atoms with E-state index in [1.54, 1.807) is 25.7 Å². The number of benzene rings is 1. The molecule has 1 atom stereocenters. The molecule has 2 aliphatic rings. The lowest BCUT2D eigenvalue weighted by molar-refractivity contribution is -0.908. The molecule has 2 aromatic rings. The third-order valence-corrected chi connectivity index (χ3v) is 7.72. The lowest BCUT2D eigenvalue weighted by Crippen LogP contribution is -3.14. The molecule has 2 N–H and O–H groups in total. The van der Waals surface area contributed by atoms with Gasteiger partial charge in [0.25, 0.3) is 5.91 Å². The summed E-state index contributed by atoms with van der Waals surface area (Å²) in [7, 11) is 0. The van der Waals surface area contributed by atoms with Gasteiger partial charge in [-0.25, -0.2) is 4.79 Å². The molecule has 39 heavy (non-hydrogen) atoms. The van der Waals surface area contributed by atoms with Crippen molar-refractivity contribution in [1.82, 2.24) is 9.88 Å². The van der Waals surface area contributed by atoms with Crippen LogP contribution in [0, 0.1) is 13.8 Å². The van der Waals surface area contributed by atoms with Crippen LogP contribution in [0.2, 0.25) is 0 Å². The lowest BCUT2D eigenvalue weighted by Gasteiger charge is -2.29. The molecule has 0 radical (unpaired) electrons. The highest BCUT2D eigenvalue weighted by atomic mass is 16.5. The first kappa shape index (κ1) is 28.6. The number of nitrogens with zero attached hydrogens (tertiary/aromatic N) is 1. The molecule has 1 unspecified atom stereocenters. The van der Waals surface area contributed by atoms with Gasteiger partial charge < -0.3 is 29.4 Å². The zero-order valence-electron chi connectivity index (χ0n) is 23.5. The van der Waals surface area contributed by atoms with Crippen molar-refractivity contribution in [3.8, 4) is 0 Å². The summed E-state index contributed by atoms with van der Waals surface area (Å²) in [5.41, 5.74) is 3.05. The summed E-state index contributed by atoms with van der Waals surface area (Å²) in [6.07, 6.45) is 0.700. The summed E-state index contributed by atoms with van der Waals surface area (Å²) < 4.78 is 10.6. The van der Waals surface area contributed by atoms with Crippen molar-refractivity contribution < 1.29 is 33.9 Å². The van der Waals surface area contributed by atoms with Gasteiger partial charge >= 0.3 is 5.97 Å². The second kappa shape index (κ2) is 12.2. The number of Topliss-reactive ketones (excluding diaryl/α,β-unsaturated/α-hetero) is 1. The van der Waals surface area contributed by atoms with Gasteiger partial charge in [0.05, 0.1) is 32.4 Å². The van der Waals surface area contributed by atoms with E-state index in [1.807, 2.05) is 24.3 Å². The molecule has 3 heterocycles. The molecule has 4 rings (SSSR count). The van der Waals surface area contributed by atoms with Gasteiger partial charge in [0.2, 0.25) is 5.78 Å². The van der Waals surface area contributed by atoms with E-state index in [0.717, 1.165) is 44.0 Å². The van der Waals surface area contributed by atoms with E-state index in [4.69, 9.17) is 9.47 Å². The SMILES string of the molecule is CCOC(=O)c1[nH]c(C)c(C([O-])=C2C(=O)C(=O)N(CCC[NH+]3CCOCC3)C2c2ccc(C(C)C)cc2)c1C. The van der Waals surface area contributed by atoms with Crippen LogP contribution in [0.25, 0.3) is 5.76 Å². The number of esters is 1. The van der Waals surface area contributed by atoms with Crippen molar-refractivity contribution in [2.24, 2.45) is 0 Å². The molecule has 0 saturated carbocycles. The Kier molecular flexibility index (Phi) is 8.92. The van der Waals surface area contributed by atoms with Crippen molar-refractivity contribution in [1.29, 1.82) is 0 Å². The molecule has 2 saturated heterocycles. The molecular weight excluding hydrogens is 498 g/mol. The van der Waals surface area contributed by atoms with Crippen molar-refractivity contribution in [2.75, 3.05) is 46.0 Å². The molecule has 0 bridgehead atoms. The van der Waals surface area contributed by atoms with Crippen LogP contribution in [-0.4, -0.2) is 73.5 Å². The fourth-order valence-corrected chi connectivity index (χ4v) is 5.55. The molecule has 1 aromatic heterocycles. The number of H-pyrrole nitrogens is 1. The largest absolute Gasteiger partial charge is 0.872 e. The molecule has 0 aliphatic carbocycles. The van der Waals surface area contributed by atoms with E-state index in [-0.39, 0.29) is 23.4 Å². The van der Waals surface area contributed by atoms with E-state index in [2.05, 4.69) is 18.8 Å². The normalized spacial score (nSPS) is 19.7. The van der Waals surface area contributed by atoms with Gasteiger partial charge in [-0.3, -0.25) is 9.59 Å². The first-order chi connectivity index (χ1) is 18.6. The summed E-state index contributed by atoms with van der Waals surface area (Å²) in [4.78, 5) is 45.2. The van der Waals surface area contributed by atoms with Crippen LogP contribution in [-0.2, 0) is 19.1 Å². The van der Waals surface area contributed by atoms with Crippen LogP contribution in [0.1, 0.15) is 77.6 Å². The van der Waals surface area contributed by atoms with Gasteiger partial charge in [0.1, 0.15) is 18.8 Å². The van der Waals surface area contributed by atoms with E-state index in [0.29, 0.717) is 30.1 Å². The minimum absolute atomic E-state index is 0.0726. The van der Waals surface area contributed by atoms with E-state index in [9.17, 15) is 19.5 Å². The predicted octanol–water partition coefficient (Wildman–Crippen LogP) is 1.46. The molecule has 1 amide bonds. The summed E-state index contributed by atoms with van der Waals surface area (Å²) in [5.74, 6) is -2.23. The number of amides is 1. The number of quaternary nitrogens is 1. The van der Waals surface area contributed by atoms with Gasteiger partial charge in [-0.1, -0.05) is 43.9 Å². The number of aryl methyl sites for hydroxylation is 1. The minimum atomic E-state index is -0.793. The van der Waals surface area contributed by atoms with Gasteiger partial charge in [-0.05, 0) is 48.9 Å². The third kappa shape index (κ3) is 5.79. The van der Waals surface area contributed by atoms with Crippen molar-refractivity contribution >= 4 is 23.4 Å². The average molecular weight is 538 g/mol. The number of rotatable bonds is 9. The third-order valence-electron chi connectivity index (χ3n) is 7.72. The zero-order valence-corrected chi connectivity index (χ0v) is 23.5. The fourth-order valence-electron chi connectivity index (χ4n) is 5.55. The smallest absolute Gasteiger partial charge is 0.355 e. The van der Waals surface area contributed by atoms with Crippen LogP contribution < -0.4 is 10.0 Å². The quantitative estimate of drug-likeness (QED) is 0.217. The number of ether oxygens (including phenoxy) is 2.